The fraction of sp³-hybridized carbons (Fsp3) is 0. The summed E-state index contributed by atoms with van der Waals surface area (Å²) in [7, 11) is 0. The van der Waals surface area contributed by atoms with E-state index in [1.54, 1.807) is 0 Å². The van der Waals surface area contributed by atoms with E-state index < -0.39 is 0 Å². The average molecular weight is 521 g/mol. The van der Waals surface area contributed by atoms with Crippen molar-refractivity contribution in [2.75, 3.05) is 4.90 Å². The minimum Gasteiger partial charge on any atom is -0.310 e. The van der Waals surface area contributed by atoms with E-state index in [9.17, 15) is 0 Å². The van der Waals surface area contributed by atoms with Crippen LogP contribution in [0.2, 0.25) is 5.02 Å². The van der Waals surface area contributed by atoms with Crippen molar-refractivity contribution in [3.05, 3.63) is 157 Å². The molecule has 39 heavy (non-hydrogen) atoms. The first-order valence-electron chi connectivity index (χ1n) is 13.1. The van der Waals surface area contributed by atoms with Gasteiger partial charge in [0.1, 0.15) is 0 Å². The Bertz CT molecular complexity index is 1890. The summed E-state index contributed by atoms with van der Waals surface area (Å²) in [4.78, 5) is 2.32. The van der Waals surface area contributed by atoms with Crippen molar-refractivity contribution in [3.63, 3.8) is 0 Å². The second kappa shape index (κ2) is 9.83. The molecule has 186 valence electrons. The molecular formula is C36H25ClN2. The van der Waals surface area contributed by atoms with Gasteiger partial charge in [-0.1, -0.05) is 96.5 Å². The zero-order chi connectivity index (χ0) is 26.2. The monoisotopic (exact) mass is 520 g/mol. The third kappa shape index (κ3) is 4.25. The standard InChI is InChI=1S/C36H25ClN2/c37-28-19-15-26(16-20-28)27-17-21-31(22-18-27)38(29-9-3-1-4-10-29)32-23-24-34-33-13-7-8-14-35(33)39(36(34)25-32)30-11-5-2-6-12-30/h1-25H. The molecule has 0 fully saturated rings. The number of aromatic nitrogens is 1. The molecule has 0 saturated carbocycles. The van der Waals surface area contributed by atoms with E-state index >= 15 is 0 Å². The van der Waals surface area contributed by atoms with Crippen LogP contribution >= 0.6 is 11.6 Å². The summed E-state index contributed by atoms with van der Waals surface area (Å²) in [6.07, 6.45) is 0. The van der Waals surface area contributed by atoms with Gasteiger partial charge in [0.25, 0.3) is 0 Å². The molecule has 0 spiro atoms. The summed E-state index contributed by atoms with van der Waals surface area (Å²) < 4.78 is 2.36. The predicted octanol–water partition coefficient (Wildman–Crippen LogP) is 10.6. The van der Waals surface area contributed by atoms with Gasteiger partial charge in [-0.25, -0.2) is 0 Å². The van der Waals surface area contributed by atoms with Crippen LogP contribution in [0.15, 0.2) is 152 Å². The van der Waals surface area contributed by atoms with Crippen LogP contribution in [0.4, 0.5) is 17.1 Å². The smallest absolute Gasteiger partial charge is 0.0561 e. The Morgan fingerprint density at radius 1 is 0.436 bits per heavy atom. The maximum Gasteiger partial charge on any atom is 0.0561 e. The SMILES string of the molecule is Clc1ccc(-c2ccc(N(c3ccccc3)c3ccc4c5ccccc5n(-c5ccccc5)c4c3)cc2)cc1. The molecule has 0 unspecified atom stereocenters. The van der Waals surface area contributed by atoms with Crippen LogP contribution in [0, 0.1) is 0 Å². The molecule has 1 heterocycles. The number of hydrogen-bond acceptors (Lipinski definition) is 1. The lowest BCUT2D eigenvalue weighted by molar-refractivity contribution is 1.18. The second-order valence-corrected chi connectivity index (χ2v) is 10.1. The zero-order valence-electron chi connectivity index (χ0n) is 21.2. The second-order valence-electron chi connectivity index (χ2n) is 9.61. The van der Waals surface area contributed by atoms with E-state index in [0.29, 0.717) is 0 Å². The summed E-state index contributed by atoms with van der Waals surface area (Å²) in [5.41, 5.74) is 9.15. The molecular weight excluding hydrogens is 496 g/mol. The lowest BCUT2D eigenvalue weighted by Gasteiger charge is -2.26. The molecule has 6 aromatic carbocycles. The summed E-state index contributed by atoms with van der Waals surface area (Å²) >= 11 is 6.11. The number of hydrogen-bond donors (Lipinski definition) is 0. The molecule has 0 saturated heterocycles. The van der Waals surface area contributed by atoms with E-state index in [1.165, 1.54) is 21.8 Å². The summed E-state index contributed by atoms with van der Waals surface area (Å²) in [5, 5.41) is 3.24. The van der Waals surface area contributed by atoms with E-state index in [2.05, 4.69) is 149 Å². The molecule has 0 aliphatic rings. The van der Waals surface area contributed by atoms with Gasteiger partial charge in [-0.3, -0.25) is 0 Å². The number of para-hydroxylation sites is 3. The fourth-order valence-corrected chi connectivity index (χ4v) is 5.55. The molecule has 7 aromatic rings. The van der Waals surface area contributed by atoms with E-state index in [4.69, 9.17) is 11.6 Å². The molecule has 3 heteroatoms. The van der Waals surface area contributed by atoms with Crippen molar-refractivity contribution in [2.45, 2.75) is 0 Å². The first-order chi connectivity index (χ1) is 19.3. The Morgan fingerprint density at radius 3 is 1.69 bits per heavy atom. The van der Waals surface area contributed by atoms with Crippen molar-refractivity contribution in [1.82, 2.24) is 4.57 Å². The first-order valence-corrected chi connectivity index (χ1v) is 13.4. The van der Waals surface area contributed by atoms with Crippen molar-refractivity contribution in [1.29, 1.82) is 0 Å². The van der Waals surface area contributed by atoms with Gasteiger partial charge in [0, 0.05) is 38.5 Å². The average Bonchev–Trinajstić information content (AvgIpc) is 3.33. The third-order valence-corrected chi connectivity index (χ3v) is 7.50. The highest BCUT2D eigenvalue weighted by Gasteiger charge is 2.17. The van der Waals surface area contributed by atoms with Gasteiger partial charge in [0.2, 0.25) is 0 Å². The molecule has 0 aliphatic heterocycles. The number of fused-ring (bicyclic) bond motifs is 3. The van der Waals surface area contributed by atoms with Crippen LogP contribution in [-0.4, -0.2) is 4.57 Å². The number of anilines is 3. The van der Waals surface area contributed by atoms with Gasteiger partial charge >= 0.3 is 0 Å². The third-order valence-electron chi connectivity index (χ3n) is 7.25. The minimum atomic E-state index is 0.744. The quantitative estimate of drug-likeness (QED) is 0.219. The minimum absolute atomic E-state index is 0.744. The number of halogens is 1. The maximum atomic E-state index is 6.11. The normalized spacial score (nSPS) is 11.2. The van der Waals surface area contributed by atoms with Gasteiger partial charge in [-0.15, -0.1) is 0 Å². The molecule has 0 amide bonds. The largest absolute Gasteiger partial charge is 0.310 e. The lowest BCUT2D eigenvalue weighted by atomic mass is 10.0. The maximum absolute atomic E-state index is 6.11. The molecule has 0 aliphatic carbocycles. The fourth-order valence-electron chi connectivity index (χ4n) is 5.42. The van der Waals surface area contributed by atoms with Gasteiger partial charge in [-0.05, 0) is 77.9 Å². The van der Waals surface area contributed by atoms with E-state index in [0.717, 1.165) is 38.9 Å². The zero-order valence-corrected chi connectivity index (χ0v) is 22.0. The molecule has 7 rings (SSSR count). The van der Waals surface area contributed by atoms with Gasteiger partial charge in [0.15, 0.2) is 0 Å². The number of nitrogens with zero attached hydrogens (tertiary/aromatic N) is 2. The summed E-state index contributed by atoms with van der Waals surface area (Å²) in [6, 6.07) is 53.3. The highest BCUT2D eigenvalue weighted by molar-refractivity contribution is 6.30. The van der Waals surface area contributed by atoms with Crippen LogP contribution < -0.4 is 4.90 Å². The van der Waals surface area contributed by atoms with Gasteiger partial charge in [0.05, 0.1) is 11.0 Å². The molecule has 0 atom stereocenters. The number of benzene rings is 6. The van der Waals surface area contributed by atoms with Crippen molar-refractivity contribution >= 4 is 50.5 Å². The summed E-state index contributed by atoms with van der Waals surface area (Å²) in [6.45, 7) is 0. The Morgan fingerprint density at radius 2 is 0.974 bits per heavy atom. The molecule has 2 nitrogen and oxygen atoms in total. The van der Waals surface area contributed by atoms with Crippen molar-refractivity contribution in [2.24, 2.45) is 0 Å². The van der Waals surface area contributed by atoms with E-state index in [1.807, 2.05) is 12.1 Å². The molecule has 1 aromatic heterocycles. The Kier molecular flexibility index (Phi) is 5.88. The predicted molar refractivity (Wildman–Crippen MR) is 166 cm³/mol. The van der Waals surface area contributed by atoms with Crippen LogP contribution in [-0.2, 0) is 0 Å². The highest BCUT2D eigenvalue weighted by Crippen LogP contribution is 2.40. The van der Waals surface area contributed by atoms with Gasteiger partial charge < -0.3 is 9.47 Å². The van der Waals surface area contributed by atoms with Crippen LogP contribution in [0.25, 0.3) is 38.6 Å². The number of rotatable bonds is 5. The van der Waals surface area contributed by atoms with Crippen LogP contribution in [0.3, 0.4) is 0 Å². The first kappa shape index (κ1) is 23.3. The van der Waals surface area contributed by atoms with Crippen molar-refractivity contribution < 1.29 is 0 Å². The van der Waals surface area contributed by atoms with Crippen molar-refractivity contribution in [3.8, 4) is 16.8 Å². The molecule has 0 radical (unpaired) electrons. The Labute approximate surface area is 233 Å². The summed E-state index contributed by atoms with van der Waals surface area (Å²) in [5.74, 6) is 0. The molecule has 0 N–H and O–H groups in total. The highest BCUT2D eigenvalue weighted by atomic mass is 35.5. The Hall–Kier alpha value is -4.79. The van der Waals surface area contributed by atoms with E-state index in [-0.39, 0.29) is 0 Å². The van der Waals surface area contributed by atoms with Crippen LogP contribution in [0.1, 0.15) is 0 Å². The topological polar surface area (TPSA) is 8.17 Å². The van der Waals surface area contributed by atoms with Gasteiger partial charge in [-0.2, -0.15) is 0 Å². The Balaban J connectivity index is 1.41. The van der Waals surface area contributed by atoms with Crippen LogP contribution in [0.5, 0.6) is 0 Å². The molecule has 0 bridgehead atoms. The lowest BCUT2D eigenvalue weighted by Crippen LogP contribution is -2.10.